The van der Waals surface area contributed by atoms with Gasteiger partial charge in [0.25, 0.3) is 0 Å². The number of nitrogens with one attached hydrogen (secondary N) is 2. The summed E-state index contributed by atoms with van der Waals surface area (Å²) in [4.78, 5) is 25.8. The first kappa shape index (κ1) is 21.4. The SMILES string of the molecule is Cc1cc(C)nc(NNC(=O)c2nc(-c3cccs3)n(-c3cccc(C(F)(F)F)c3)n2)n1. The highest BCUT2D eigenvalue weighted by Crippen LogP contribution is 2.32. The Morgan fingerprint density at radius 1 is 1.03 bits per heavy atom. The molecule has 0 aliphatic heterocycles. The van der Waals surface area contributed by atoms with E-state index in [0.717, 1.165) is 12.1 Å². The van der Waals surface area contributed by atoms with Gasteiger partial charge in [-0.3, -0.25) is 15.6 Å². The molecule has 0 saturated carbocycles. The highest BCUT2D eigenvalue weighted by atomic mass is 32.1. The summed E-state index contributed by atoms with van der Waals surface area (Å²) < 4.78 is 40.8. The van der Waals surface area contributed by atoms with Crippen molar-refractivity contribution in [1.82, 2.24) is 30.2 Å². The Morgan fingerprint density at radius 2 is 1.78 bits per heavy atom. The molecular formula is C20H16F3N7OS. The monoisotopic (exact) mass is 459 g/mol. The highest BCUT2D eigenvalue weighted by Gasteiger charge is 2.31. The predicted octanol–water partition coefficient (Wildman–Crippen LogP) is 4.18. The number of hydrazine groups is 1. The molecule has 0 spiro atoms. The third kappa shape index (κ3) is 4.59. The maximum Gasteiger partial charge on any atom is 0.416 e. The lowest BCUT2D eigenvalue weighted by atomic mass is 10.2. The molecule has 1 amide bonds. The normalized spacial score (nSPS) is 11.4. The van der Waals surface area contributed by atoms with Crippen LogP contribution in [-0.4, -0.2) is 30.6 Å². The number of alkyl halides is 3. The zero-order valence-electron chi connectivity index (χ0n) is 16.8. The minimum Gasteiger partial charge on any atom is -0.265 e. The van der Waals surface area contributed by atoms with Crippen LogP contribution in [0.25, 0.3) is 16.4 Å². The Hall–Kier alpha value is -3.80. The van der Waals surface area contributed by atoms with Gasteiger partial charge in [0.05, 0.1) is 16.1 Å². The zero-order chi connectivity index (χ0) is 22.9. The molecule has 4 rings (SSSR count). The second-order valence-electron chi connectivity index (χ2n) is 6.75. The summed E-state index contributed by atoms with van der Waals surface area (Å²) in [6.07, 6.45) is -4.52. The fraction of sp³-hybridized carbons (Fsp3) is 0.150. The van der Waals surface area contributed by atoms with Crippen molar-refractivity contribution in [2.24, 2.45) is 0 Å². The van der Waals surface area contributed by atoms with Crippen LogP contribution < -0.4 is 10.9 Å². The van der Waals surface area contributed by atoms with Crippen molar-refractivity contribution in [3.05, 3.63) is 70.6 Å². The number of nitrogens with zero attached hydrogens (tertiary/aromatic N) is 5. The van der Waals surface area contributed by atoms with Gasteiger partial charge in [-0.2, -0.15) is 13.2 Å². The van der Waals surface area contributed by atoms with Gasteiger partial charge in [-0.25, -0.2) is 19.6 Å². The summed E-state index contributed by atoms with van der Waals surface area (Å²) in [5.41, 5.74) is 5.73. The first-order valence-corrected chi connectivity index (χ1v) is 10.2. The molecule has 0 bridgehead atoms. The molecule has 1 aromatic carbocycles. The molecule has 4 aromatic rings. The highest BCUT2D eigenvalue weighted by molar-refractivity contribution is 7.13. The van der Waals surface area contributed by atoms with Gasteiger partial charge in [-0.05, 0) is 49.6 Å². The number of aryl methyl sites for hydroxylation is 2. The van der Waals surface area contributed by atoms with Crippen LogP contribution >= 0.6 is 11.3 Å². The zero-order valence-corrected chi connectivity index (χ0v) is 17.6. The van der Waals surface area contributed by atoms with Crippen molar-refractivity contribution in [1.29, 1.82) is 0 Å². The third-order valence-electron chi connectivity index (χ3n) is 4.24. The lowest BCUT2D eigenvalue weighted by Gasteiger charge is -2.09. The number of carbonyl (C=O) groups excluding carboxylic acids is 1. The van der Waals surface area contributed by atoms with Gasteiger partial charge in [-0.15, -0.1) is 16.4 Å². The van der Waals surface area contributed by atoms with E-state index in [0.29, 0.717) is 16.3 Å². The van der Waals surface area contributed by atoms with Gasteiger partial charge < -0.3 is 0 Å². The standard InChI is InChI=1S/C20H16F3N7OS/c1-11-9-12(2)25-19(24-11)28-27-18(31)16-26-17(15-7-4-8-32-15)30(29-16)14-6-3-5-13(10-14)20(21,22)23/h3-10H,1-2H3,(H,27,31)(H,24,25,28). The average molecular weight is 459 g/mol. The molecule has 0 fully saturated rings. The van der Waals surface area contributed by atoms with Crippen LogP contribution in [0.2, 0.25) is 0 Å². The molecule has 32 heavy (non-hydrogen) atoms. The quantitative estimate of drug-likeness (QED) is 0.435. The number of thiophene rings is 1. The van der Waals surface area contributed by atoms with E-state index >= 15 is 0 Å². The van der Waals surface area contributed by atoms with Crippen molar-refractivity contribution >= 4 is 23.2 Å². The van der Waals surface area contributed by atoms with E-state index < -0.39 is 17.6 Å². The van der Waals surface area contributed by atoms with Crippen molar-refractivity contribution in [3.63, 3.8) is 0 Å². The molecule has 8 nitrogen and oxygen atoms in total. The maximum atomic E-state index is 13.2. The number of aromatic nitrogens is 5. The molecular weight excluding hydrogens is 443 g/mol. The Labute approximate surface area is 184 Å². The van der Waals surface area contributed by atoms with Crippen LogP contribution in [0, 0.1) is 13.8 Å². The number of rotatable bonds is 5. The molecule has 0 unspecified atom stereocenters. The van der Waals surface area contributed by atoms with E-state index in [4.69, 9.17) is 0 Å². The Kier molecular flexibility index (Phi) is 5.61. The van der Waals surface area contributed by atoms with Crippen LogP contribution in [-0.2, 0) is 6.18 Å². The van der Waals surface area contributed by atoms with Crippen LogP contribution in [0.4, 0.5) is 19.1 Å². The molecule has 12 heteroatoms. The number of anilines is 1. The van der Waals surface area contributed by atoms with Gasteiger partial charge in [0, 0.05) is 11.4 Å². The summed E-state index contributed by atoms with van der Waals surface area (Å²) in [6, 6.07) is 9.94. The summed E-state index contributed by atoms with van der Waals surface area (Å²) in [7, 11) is 0. The minimum atomic E-state index is -4.52. The van der Waals surface area contributed by atoms with Gasteiger partial charge in [-0.1, -0.05) is 12.1 Å². The lowest BCUT2D eigenvalue weighted by Crippen LogP contribution is -2.31. The van der Waals surface area contributed by atoms with E-state index in [1.165, 1.54) is 28.2 Å². The van der Waals surface area contributed by atoms with Crippen LogP contribution in [0.1, 0.15) is 27.6 Å². The minimum absolute atomic E-state index is 0.125. The largest absolute Gasteiger partial charge is 0.416 e. The Balaban J connectivity index is 1.67. The van der Waals surface area contributed by atoms with E-state index in [-0.39, 0.29) is 23.3 Å². The van der Waals surface area contributed by atoms with Gasteiger partial charge in [0.15, 0.2) is 5.82 Å². The fourth-order valence-electron chi connectivity index (χ4n) is 2.92. The summed E-state index contributed by atoms with van der Waals surface area (Å²) in [5.74, 6) is -0.502. The topological polar surface area (TPSA) is 97.6 Å². The van der Waals surface area contributed by atoms with E-state index in [2.05, 4.69) is 30.9 Å². The predicted molar refractivity (Wildman–Crippen MR) is 112 cm³/mol. The maximum absolute atomic E-state index is 13.2. The second-order valence-corrected chi connectivity index (χ2v) is 7.70. The fourth-order valence-corrected chi connectivity index (χ4v) is 3.62. The van der Waals surface area contributed by atoms with Crippen LogP contribution in [0.3, 0.4) is 0 Å². The smallest absolute Gasteiger partial charge is 0.265 e. The molecule has 0 aliphatic rings. The summed E-state index contributed by atoms with van der Waals surface area (Å²) in [6.45, 7) is 3.57. The number of amides is 1. The second kappa shape index (κ2) is 8.38. The number of hydrogen-bond acceptors (Lipinski definition) is 7. The van der Waals surface area contributed by atoms with Crippen molar-refractivity contribution in [2.75, 3.05) is 5.43 Å². The van der Waals surface area contributed by atoms with E-state index in [1.54, 1.807) is 37.4 Å². The third-order valence-corrected chi connectivity index (χ3v) is 5.11. The van der Waals surface area contributed by atoms with Crippen molar-refractivity contribution < 1.29 is 18.0 Å². The number of hydrogen-bond donors (Lipinski definition) is 2. The molecule has 3 heterocycles. The lowest BCUT2D eigenvalue weighted by molar-refractivity contribution is -0.137. The Bertz CT molecular complexity index is 1250. The van der Waals surface area contributed by atoms with Gasteiger partial charge in [0.1, 0.15) is 0 Å². The number of carbonyl (C=O) groups is 1. The van der Waals surface area contributed by atoms with Gasteiger partial charge >= 0.3 is 12.1 Å². The van der Waals surface area contributed by atoms with Crippen LogP contribution in [0.15, 0.2) is 47.8 Å². The molecule has 164 valence electrons. The number of halogens is 3. The number of benzene rings is 1. The Morgan fingerprint density at radius 3 is 2.44 bits per heavy atom. The molecule has 0 saturated heterocycles. The molecule has 0 atom stereocenters. The van der Waals surface area contributed by atoms with Gasteiger partial charge in [0.2, 0.25) is 11.8 Å². The first-order valence-electron chi connectivity index (χ1n) is 9.28. The summed E-state index contributed by atoms with van der Waals surface area (Å²) in [5, 5.41) is 5.95. The van der Waals surface area contributed by atoms with Crippen molar-refractivity contribution in [3.8, 4) is 16.4 Å². The van der Waals surface area contributed by atoms with Crippen molar-refractivity contribution in [2.45, 2.75) is 20.0 Å². The van der Waals surface area contributed by atoms with Crippen LogP contribution in [0.5, 0.6) is 0 Å². The molecule has 0 aliphatic carbocycles. The first-order chi connectivity index (χ1) is 15.2. The molecule has 0 radical (unpaired) electrons. The van der Waals surface area contributed by atoms with E-state index in [9.17, 15) is 18.0 Å². The summed E-state index contributed by atoms with van der Waals surface area (Å²) >= 11 is 1.32. The molecule has 3 aromatic heterocycles. The molecule has 2 N–H and O–H groups in total. The van der Waals surface area contributed by atoms with E-state index in [1.807, 2.05) is 0 Å². The average Bonchev–Trinajstić information content (AvgIpc) is 3.40.